The molecule has 0 radical (unpaired) electrons. The van der Waals surface area contributed by atoms with Crippen LogP contribution in [0.5, 0.6) is 0 Å². The van der Waals surface area contributed by atoms with Gasteiger partial charge in [0.1, 0.15) is 0 Å². The molecule has 1 nitrogen and oxygen atoms in total. The fourth-order valence-corrected chi connectivity index (χ4v) is 3.86. The van der Waals surface area contributed by atoms with Crippen molar-refractivity contribution >= 4 is 8.32 Å². The Hall–Kier alpha value is 0.177. The lowest BCUT2D eigenvalue weighted by molar-refractivity contribution is -0.177. The lowest BCUT2D eigenvalue weighted by Crippen LogP contribution is -2.64. The first-order valence-electron chi connectivity index (χ1n) is 5.44. The maximum Gasteiger partial charge on any atom is 0.192 e. The summed E-state index contributed by atoms with van der Waals surface area (Å²) < 4.78 is 6.43. The van der Waals surface area contributed by atoms with Crippen molar-refractivity contribution in [2.24, 2.45) is 5.92 Å². The van der Waals surface area contributed by atoms with Gasteiger partial charge in [-0.2, -0.15) is 0 Å². The fourth-order valence-electron chi connectivity index (χ4n) is 2.22. The van der Waals surface area contributed by atoms with Gasteiger partial charge in [0.05, 0.1) is 5.60 Å². The normalized spacial score (nSPS) is 38.1. The van der Waals surface area contributed by atoms with Crippen molar-refractivity contribution in [1.82, 2.24) is 0 Å². The minimum absolute atomic E-state index is 0.369. The molecule has 0 amide bonds. The van der Waals surface area contributed by atoms with E-state index in [-0.39, 0.29) is 0 Å². The minimum atomic E-state index is -1.47. The van der Waals surface area contributed by atoms with Crippen LogP contribution in [0.3, 0.4) is 0 Å². The molecule has 3 saturated carbocycles. The highest BCUT2D eigenvalue weighted by atomic mass is 28.4. The average Bonchev–Trinajstić information content (AvgIpc) is 1.73. The van der Waals surface area contributed by atoms with Crippen LogP contribution in [0, 0.1) is 5.92 Å². The molecule has 0 spiro atoms. The first kappa shape index (κ1) is 9.72. The van der Waals surface area contributed by atoms with E-state index in [2.05, 4.69) is 33.9 Å². The van der Waals surface area contributed by atoms with Gasteiger partial charge < -0.3 is 4.43 Å². The SMILES string of the molecule is CC(C)(C)[Si](C)(C)OC12CC(C1)C2. The molecule has 2 heteroatoms. The second-order valence-electron chi connectivity index (χ2n) is 6.52. The summed E-state index contributed by atoms with van der Waals surface area (Å²) in [5, 5.41) is 0.377. The van der Waals surface area contributed by atoms with E-state index in [1.165, 1.54) is 19.3 Å². The van der Waals surface area contributed by atoms with Gasteiger partial charge in [-0.3, -0.25) is 0 Å². The summed E-state index contributed by atoms with van der Waals surface area (Å²) in [5.74, 6) is 1.03. The van der Waals surface area contributed by atoms with Gasteiger partial charge in [-0.15, -0.1) is 0 Å². The Labute approximate surface area is 83.0 Å². The van der Waals surface area contributed by atoms with Gasteiger partial charge in [-0.25, -0.2) is 0 Å². The molecule has 76 valence electrons. The summed E-state index contributed by atoms with van der Waals surface area (Å²) in [4.78, 5) is 0. The maximum absolute atomic E-state index is 6.43. The zero-order valence-electron chi connectivity index (χ0n) is 9.61. The molecular weight excluding hydrogens is 176 g/mol. The molecule has 0 unspecified atom stereocenters. The Morgan fingerprint density at radius 1 is 1.15 bits per heavy atom. The molecule has 0 saturated heterocycles. The molecular formula is C11H22OSi. The first-order chi connectivity index (χ1) is 5.74. The zero-order valence-corrected chi connectivity index (χ0v) is 10.6. The van der Waals surface area contributed by atoms with Crippen LogP contribution >= 0.6 is 0 Å². The average molecular weight is 198 g/mol. The Kier molecular flexibility index (Phi) is 1.79. The Morgan fingerprint density at radius 3 is 1.85 bits per heavy atom. The summed E-state index contributed by atoms with van der Waals surface area (Å²) >= 11 is 0. The van der Waals surface area contributed by atoms with E-state index in [1.54, 1.807) is 0 Å². The molecule has 0 aromatic rings. The molecule has 3 rings (SSSR count). The van der Waals surface area contributed by atoms with Gasteiger partial charge in [-0.1, -0.05) is 20.8 Å². The summed E-state index contributed by atoms with van der Waals surface area (Å²) in [6.07, 6.45) is 4.08. The Morgan fingerprint density at radius 2 is 1.62 bits per heavy atom. The molecule has 0 heterocycles. The van der Waals surface area contributed by atoms with Crippen LogP contribution in [0.2, 0.25) is 18.1 Å². The minimum Gasteiger partial charge on any atom is -0.411 e. The molecule has 0 aromatic heterocycles. The largest absolute Gasteiger partial charge is 0.411 e. The summed E-state index contributed by atoms with van der Waals surface area (Å²) in [5.41, 5.74) is 0.369. The standard InChI is InChI=1S/C11H22OSi/c1-10(2,3)13(4,5)12-11-6-9(7-11)8-11/h9H,6-8H2,1-5H3. The van der Waals surface area contributed by atoms with Gasteiger partial charge in [0, 0.05) is 0 Å². The van der Waals surface area contributed by atoms with Crippen molar-refractivity contribution in [3.63, 3.8) is 0 Å². The van der Waals surface area contributed by atoms with Gasteiger partial charge >= 0.3 is 0 Å². The molecule has 13 heavy (non-hydrogen) atoms. The number of hydrogen-bond donors (Lipinski definition) is 0. The highest BCUT2D eigenvalue weighted by Gasteiger charge is 2.60. The molecule has 0 N–H and O–H groups in total. The second kappa shape index (κ2) is 2.40. The van der Waals surface area contributed by atoms with E-state index >= 15 is 0 Å². The van der Waals surface area contributed by atoms with E-state index in [9.17, 15) is 0 Å². The van der Waals surface area contributed by atoms with E-state index in [4.69, 9.17) is 4.43 Å². The van der Waals surface area contributed by atoms with Crippen molar-refractivity contribution in [1.29, 1.82) is 0 Å². The van der Waals surface area contributed by atoms with Crippen LogP contribution < -0.4 is 0 Å². The summed E-state index contributed by atoms with van der Waals surface area (Å²) in [6.45, 7) is 11.7. The van der Waals surface area contributed by atoms with Crippen LogP contribution in [-0.2, 0) is 4.43 Å². The van der Waals surface area contributed by atoms with Gasteiger partial charge in [0.2, 0.25) is 0 Å². The number of rotatable bonds is 2. The van der Waals surface area contributed by atoms with E-state index in [1.807, 2.05) is 0 Å². The third-order valence-corrected chi connectivity index (χ3v) is 8.82. The lowest BCUT2D eigenvalue weighted by Gasteiger charge is -2.64. The molecule has 0 atom stereocenters. The first-order valence-corrected chi connectivity index (χ1v) is 8.35. The van der Waals surface area contributed by atoms with E-state index < -0.39 is 8.32 Å². The van der Waals surface area contributed by atoms with Gasteiger partial charge in [0.25, 0.3) is 0 Å². The third kappa shape index (κ3) is 1.38. The van der Waals surface area contributed by atoms with Crippen LogP contribution in [0.4, 0.5) is 0 Å². The maximum atomic E-state index is 6.43. The second-order valence-corrected chi connectivity index (χ2v) is 11.2. The van der Waals surface area contributed by atoms with Crippen LogP contribution in [0.15, 0.2) is 0 Å². The summed E-state index contributed by atoms with van der Waals surface area (Å²) in [6, 6.07) is 0. The molecule has 0 aromatic carbocycles. The molecule has 2 bridgehead atoms. The van der Waals surface area contributed by atoms with Crippen LogP contribution in [-0.4, -0.2) is 13.9 Å². The molecule has 3 fully saturated rings. The van der Waals surface area contributed by atoms with Gasteiger partial charge in [-0.05, 0) is 43.3 Å². The lowest BCUT2D eigenvalue weighted by atomic mass is 9.52. The van der Waals surface area contributed by atoms with Crippen molar-refractivity contribution in [2.45, 2.75) is 63.8 Å². The highest BCUT2D eigenvalue weighted by Crippen LogP contribution is 2.61. The predicted molar refractivity (Wildman–Crippen MR) is 58.4 cm³/mol. The van der Waals surface area contributed by atoms with Crippen LogP contribution in [0.25, 0.3) is 0 Å². The zero-order chi connectivity index (χ0) is 9.91. The fraction of sp³-hybridized carbons (Fsp3) is 1.00. The highest BCUT2D eigenvalue weighted by molar-refractivity contribution is 6.74. The Balaban J connectivity index is 1.99. The van der Waals surface area contributed by atoms with Crippen molar-refractivity contribution < 1.29 is 4.43 Å². The van der Waals surface area contributed by atoms with E-state index in [0.717, 1.165) is 5.92 Å². The predicted octanol–water partition coefficient (Wildman–Crippen LogP) is 3.56. The molecule has 3 aliphatic rings. The van der Waals surface area contributed by atoms with Crippen molar-refractivity contribution in [3.8, 4) is 0 Å². The smallest absolute Gasteiger partial charge is 0.192 e. The third-order valence-electron chi connectivity index (χ3n) is 4.26. The molecule has 0 aliphatic heterocycles. The Bertz CT molecular complexity index is 210. The van der Waals surface area contributed by atoms with Crippen molar-refractivity contribution in [2.75, 3.05) is 0 Å². The monoisotopic (exact) mass is 198 g/mol. The van der Waals surface area contributed by atoms with E-state index in [0.29, 0.717) is 10.6 Å². The topological polar surface area (TPSA) is 9.23 Å². The van der Waals surface area contributed by atoms with Gasteiger partial charge in [0.15, 0.2) is 8.32 Å². The van der Waals surface area contributed by atoms with Crippen LogP contribution in [0.1, 0.15) is 40.0 Å². The molecule has 3 aliphatic carbocycles. The van der Waals surface area contributed by atoms with Crippen molar-refractivity contribution in [3.05, 3.63) is 0 Å². The quantitative estimate of drug-likeness (QED) is 0.616. The number of hydrogen-bond acceptors (Lipinski definition) is 1. The summed E-state index contributed by atoms with van der Waals surface area (Å²) in [7, 11) is -1.47.